The van der Waals surface area contributed by atoms with Crippen LogP contribution in [0.3, 0.4) is 0 Å². The van der Waals surface area contributed by atoms with E-state index >= 15 is 0 Å². The summed E-state index contributed by atoms with van der Waals surface area (Å²) >= 11 is 0.988. The first kappa shape index (κ1) is 16.5. The van der Waals surface area contributed by atoms with Crippen LogP contribution < -0.4 is 4.90 Å². The van der Waals surface area contributed by atoms with Crippen LogP contribution in [0.2, 0.25) is 0 Å². The summed E-state index contributed by atoms with van der Waals surface area (Å²) in [6.07, 6.45) is 5.07. The van der Waals surface area contributed by atoms with Gasteiger partial charge in [0.1, 0.15) is 0 Å². The van der Waals surface area contributed by atoms with Crippen molar-refractivity contribution < 1.29 is 9.59 Å². The van der Waals surface area contributed by atoms with E-state index in [-0.39, 0.29) is 11.1 Å². The topological polar surface area (TPSA) is 37.4 Å². The molecule has 122 valence electrons. The largest absolute Gasteiger partial charge is 0.298 e. The number of imide groups is 1. The minimum absolute atomic E-state index is 0.247. The molecule has 0 aliphatic carbocycles. The van der Waals surface area contributed by atoms with Crippen LogP contribution in [0.5, 0.6) is 0 Å². The lowest BCUT2D eigenvalue weighted by molar-refractivity contribution is -0.113. The predicted molar refractivity (Wildman–Crippen MR) is 99.9 cm³/mol. The summed E-state index contributed by atoms with van der Waals surface area (Å²) in [4.78, 5) is 26.6. The molecular weight excluding hydrogens is 318 g/mol. The van der Waals surface area contributed by atoms with Crippen molar-refractivity contribution >= 4 is 34.7 Å². The van der Waals surface area contributed by atoms with E-state index in [0.29, 0.717) is 10.6 Å². The number of benzene rings is 2. The van der Waals surface area contributed by atoms with E-state index < -0.39 is 0 Å². The van der Waals surface area contributed by atoms with Crippen LogP contribution in [0.15, 0.2) is 59.5 Å². The monoisotopic (exact) mass is 337 g/mol. The second kappa shape index (κ2) is 7.49. The number of hydrogen-bond donors (Lipinski definition) is 0. The smallest absolute Gasteiger partial charge is 0.268 e. The number of anilines is 1. The third kappa shape index (κ3) is 3.60. The van der Waals surface area contributed by atoms with Crippen molar-refractivity contribution in [1.82, 2.24) is 0 Å². The average Bonchev–Trinajstić information content (AvgIpc) is 2.88. The fraction of sp³-hybridized carbons (Fsp3) is 0.200. The van der Waals surface area contributed by atoms with Gasteiger partial charge in [-0.05, 0) is 53.9 Å². The highest BCUT2D eigenvalue weighted by atomic mass is 32.2. The first-order valence-electron chi connectivity index (χ1n) is 8.11. The molecule has 2 aromatic rings. The van der Waals surface area contributed by atoms with Crippen LogP contribution in [-0.4, -0.2) is 11.1 Å². The summed E-state index contributed by atoms with van der Waals surface area (Å²) in [6.45, 7) is 2.16. The van der Waals surface area contributed by atoms with Gasteiger partial charge in [-0.25, -0.2) is 4.90 Å². The molecule has 3 rings (SSSR count). The third-order valence-electron chi connectivity index (χ3n) is 3.90. The van der Waals surface area contributed by atoms with Gasteiger partial charge in [0.25, 0.3) is 11.1 Å². The van der Waals surface area contributed by atoms with E-state index in [2.05, 4.69) is 6.92 Å². The summed E-state index contributed by atoms with van der Waals surface area (Å²) in [5.41, 5.74) is 2.78. The molecule has 2 aromatic carbocycles. The van der Waals surface area contributed by atoms with Gasteiger partial charge in [0.2, 0.25) is 0 Å². The molecule has 0 bridgehead atoms. The molecule has 2 amide bonds. The van der Waals surface area contributed by atoms with E-state index in [1.165, 1.54) is 10.5 Å². The van der Waals surface area contributed by atoms with E-state index in [0.717, 1.165) is 36.6 Å². The zero-order valence-electron chi connectivity index (χ0n) is 13.6. The Kier molecular flexibility index (Phi) is 5.16. The summed E-state index contributed by atoms with van der Waals surface area (Å²) in [5.74, 6) is -0.254. The first-order chi connectivity index (χ1) is 11.7. The van der Waals surface area contributed by atoms with E-state index in [1.807, 2.05) is 54.6 Å². The summed E-state index contributed by atoms with van der Waals surface area (Å²) in [7, 11) is 0. The van der Waals surface area contributed by atoms with E-state index in [4.69, 9.17) is 0 Å². The molecule has 4 heteroatoms. The maximum absolute atomic E-state index is 12.6. The van der Waals surface area contributed by atoms with Crippen LogP contribution in [0.4, 0.5) is 10.5 Å². The standard InChI is InChI=1S/C20H19NO2S/c1-2-3-7-15-10-12-17(13-11-15)21-19(22)18(24-20(21)23)14-16-8-5-4-6-9-16/h4-6,8-14H,2-3,7H2,1H3/b18-14-. The van der Waals surface area contributed by atoms with Gasteiger partial charge in [0, 0.05) is 0 Å². The highest BCUT2D eigenvalue weighted by molar-refractivity contribution is 8.19. The molecule has 1 aliphatic heterocycles. The van der Waals surface area contributed by atoms with Gasteiger partial charge >= 0.3 is 0 Å². The van der Waals surface area contributed by atoms with Crippen molar-refractivity contribution in [3.8, 4) is 0 Å². The molecule has 0 radical (unpaired) electrons. The van der Waals surface area contributed by atoms with Crippen LogP contribution >= 0.6 is 11.8 Å². The fourth-order valence-electron chi connectivity index (χ4n) is 2.58. The molecule has 24 heavy (non-hydrogen) atoms. The van der Waals surface area contributed by atoms with Gasteiger partial charge in [-0.2, -0.15) is 0 Å². The number of thioether (sulfide) groups is 1. The highest BCUT2D eigenvalue weighted by Gasteiger charge is 2.36. The number of amides is 2. The Morgan fingerprint density at radius 3 is 2.38 bits per heavy atom. The number of carbonyl (C=O) groups is 2. The van der Waals surface area contributed by atoms with Crippen molar-refractivity contribution in [2.24, 2.45) is 0 Å². The molecular formula is C20H19NO2S. The molecule has 0 N–H and O–H groups in total. The summed E-state index contributed by atoms with van der Waals surface area (Å²) in [6, 6.07) is 17.3. The Morgan fingerprint density at radius 2 is 1.71 bits per heavy atom. The first-order valence-corrected chi connectivity index (χ1v) is 8.92. The van der Waals surface area contributed by atoms with Gasteiger partial charge in [0.05, 0.1) is 10.6 Å². The SMILES string of the molecule is CCCCc1ccc(N2C(=O)S/C(=C\c3ccccc3)C2=O)cc1. The molecule has 0 aromatic heterocycles. The second-order valence-corrected chi connectivity index (χ2v) is 6.69. The van der Waals surface area contributed by atoms with Gasteiger partial charge in [-0.3, -0.25) is 9.59 Å². The van der Waals surface area contributed by atoms with Crippen molar-refractivity contribution in [1.29, 1.82) is 0 Å². The molecule has 0 spiro atoms. The predicted octanol–water partition coefficient (Wildman–Crippen LogP) is 5.27. The Balaban J connectivity index is 1.80. The lowest BCUT2D eigenvalue weighted by Gasteiger charge is -2.13. The van der Waals surface area contributed by atoms with Crippen LogP contribution in [0, 0.1) is 0 Å². The zero-order chi connectivity index (χ0) is 16.9. The lowest BCUT2D eigenvalue weighted by atomic mass is 10.1. The highest BCUT2D eigenvalue weighted by Crippen LogP contribution is 2.35. The normalized spacial score (nSPS) is 16.2. The summed E-state index contributed by atoms with van der Waals surface area (Å²) in [5, 5.41) is -0.247. The molecule has 1 saturated heterocycles. The molecule has 3 nitrogen and oxygen atoms in total. The quantitative estimate of drug-likeness (QED) is 0.698. The van der Waals surface area contributed by atoms with Gasteiger partial charge in [0.15, 0.2) is 0 Å². The molecule has 0 unspecified atom stereocenters. The molecule has 1 aliphatic rings. The van der Waals surface area contributed by atoms with Crippen molar-refractivity contribution in [3.63, 3.8) is 0 Å². The lowest BCUT2D eigenvalue weighted by Crippen LogP contribution is -2.27. The number of rotatable bonds is 5. The molecule has 0 saturated carbocycles. The van der Waals surface area contributed by atoms with Crippen LogP contribution in [-0.2, 0) is 11.2 Å². The van der Waals surface area contributed by atoms with Gasteiger partial charge in [-0.1, -0.05) is 55.8 Å². The van der Waals surface area contributed by atoms with Crippen molar-refractivity contribution in [3.05, 3.63) is 70.6 Å². The Hall–Kier alpha value is -2.33. The maximum atomic E-state index is 12.6. The zero-order valence-corrected chi connectivity index (χ0v) is 14.4. The average molecular weight is 337 g/mol. The molecule has 1 heterocycles. The number of aryl methyl sites for hydroxylation is 1. The molecule has 1 fully saturated rings. The summed E-state index contributed by atoms with van der Waals surface area (Å²) < 4.78 is 0. The number of unbranched alkanes of at least 4 members (excludes halogenated alkanes) is 1. The molecule has 0 atom stereocenters. The fourth-order valence-corrected chi connectivity index (χ4v) is 3.42. The Labute approximate surface area is 146 Å². The Morgan fingerprint density at radius 1 is 1.00 bits per heavy atom. The number of hydrogen-bond acceptors (Lipinski definition) is 3. The van der Waals surface area contributed by atoms with Crippen molar-refractivity contribution in [2.45, 2.75) is 26.2 Å². The van der Waals surface area contributed by atoms with E-state index in [1.54, 1.807) is 6.08 Å². The third-order valence-corrected chi connectivity index (χ3v) is 4.77. The van der Waals surface area contributed by atoms with E-state index in [9.17, 15) is 9.59 Å². The number of nitrogens with zero attached hydrogens (tertiary/aromatic N) is 1. The van der Waals surface area contributed by atoms with Crippen LogP contribution in [0.1, 0.15) is 30.9 Å². The second-order valence-electron chi connectivity index (χ2n) is 5.70. The number of carbonyl (C=O) groups excluding carboxylic acids is 2. The van der Waals surface area contributed by atoms with Gasteiger partial charge < -0.3 is 0 Å². The van der Waals surface area contributed by atoms with Crippen molar-refractivity contribution in [2.75, 3.05) is 4.90 Å². The van der Waals surface area contributed by atoms with Gasteiger partial charge in [-0.15, -0.1) is 0 Å². The minimum Gasteiger partial charge on any atom is -0.268 e. The maximum Gasteiger partial charge on any atom is 0.298 e. The van der Waals surface area contributed by atoms with Crippen LogP contribution in [0.25, 0.3) is 6.08 Å². The Bertz CT molecular complexity index is 766. The minimum atomic E-state index is -0.254.